The molecule has 0 saturated carbocycles. The molecule has 0 unspecified atom stereocenters. The summed E-state index contributed by atoms with van der Waals surface area (Å²) in [5.41, 5.74) is 5.62. The van der Waals surface area contributed by atoms with Crippen LogP contribution < -0.4 is 0 Å². The molecule has 0 atom stereocenters. The lowest BCUT2D eigenvalue weighted by molar-refractivity contribution is 0.475. The number of aromatic hydroxyl groups is 1. The molecule has 1 N–H and O–H groups in total. The maximum absolute atomic E-state index is 9.61. The minimum atomic E-state index is 0.161. The van der Waals surface area contributed by atoms with Crippen molar-refractivity contribution in [1.29, 1.82) is 0 Å². The SMILES string of the molecule is Cc1ccc(-c2nc3ccccn3c2N=Nc2cccc(O)c2)cc1C. The van der Waals surface area contributed by atoms with Crippen molar-refractivity contribution >= 4 is 17.2 Å². The molecule has 2 aromatic carbocycles. The quantitative estimate of drug-likeness (QED) is 0.483. The molecule has 0 amide bonds. The molecule has 128 valence electrons. The van der Waals surface area contributed by atoms with Crippen molar-refractivity contribution in [1.82, 2.24) is 9.38 Å². The summed E-state index contributed by atoms with van der Waals surface area (Å²) in [5.74, 6) is 0.821. The fourth-order valence-corrected chi connectivity index (χ4v) is 2.82. The van der Waals surface area contributed by atoms with Gasteiger partial charge in [0.1, 0.15) is 17.1 Å². The number of rotatable bonds is 3. The van der Waals surface area contributed by atoms with Gasteiger partial charge in [0.2, 0.25) is 0 Å². The van der Waals surface area contributed by atoms with E-state index in [0.717, 1.165) is 16.9 Å². The number of aryl methyl sites for hydroxylation is 2. The average Bonchev–Trinajstić information content (AvgIpc) is 3.01. The fourth-order valence-electron chi connectivity index (χ4n) is 2.82. The van der Waals surface area contributed by atoms with E-state index in [4.69, 9.17) is 4.98 Å². The molecule has 26 heavy (non-hydrogen) atoms. The molecular weight excluding hydrogens is 324 g/mol. The van der Waals surface area contributed by atoms with Gasteiger partial charge in [0.25, 0.3) is 0 Å². The van der Waals surface area contributed by atoms with Gasteiger partial charge in [-0.25, -0.2) is 4.98 Å². The van der Waals surface area contributed by atoms with Crippen LogP contribution in [-0.4, -0.2) is 14.5 Å². The third-order valence-corrected chi connectivity index (χ3v) is 4.37. The molecule has 0 aliphatic carbocycles. The van der Waals surface area contributed by atoms with Gasteiger partial charge in [-0.05, 0) is 55.3 Å². The summed E-state index contributed by atoms with van der Waals surface area (Å²) in [6, 6.07) is 18.8. The van der Waals surface area contributed by atoms with Crippen LogP contribution in [0.15, 0.2) is 77.1 Å². The molecule has 0 saturated heterocycles. The Labute approximate surface area is 151 Å². The Hall–Kier alpha value is -3.47. The molecule has 5 nitrogen and oxygen atoms in total. The van der Waals surface area contributed by atoms with E-state index in [-0.39, 0.29) is 5.75 Å². The van der Waals surface area contributed by atoms with Crippen LogP contribution in [0.1, 0.15) is 11.1 Å². The van der Waals surface area contributed by atoms with Crippen LogP contribution in [0.4, 0.5) is 11.5 Å². The van der Waals surface area contributed by atoms with Crippen LogP contribution in [0, 0.1) is 13.8 Å². The minimum absolute atomic E-state index is 0.161. The second-order valence-electron chi connectivity index (χ2n) is 6.23. The summed E-state index contributed by atoms with van der Waals surface area (Å²) in [7, 11) is 0. The third kappa shape index (κ3) is 2.95. The normalized spacial score (nSPS) is 11.5. The van der Waals surface area contributed by atoms with E-state index < -0.39 is 0 Å². The van der Waals surface area contributed by atoms with Crippen molar-refractivity contribution in [2.45, 2.75) is 13.8 Å². The standard InChI is InChI=1S/C21H18N4O/c1-14-9-10-16(12-15(14)2)20-21(25-11-4-3-8-19(25)22-20)24-23-17-6-5-7-18(26)13-17/h3-13,26H,1-2H3. The summed E-state index contributed by atoms with van der Waals surface area (Å²) < 4.78 is 1.91. The van der Waals surface area contributed by atoms with E-state index >= 15 is 0 Å². The highest BCUT2D eigenvalue weighted by Crippen LogP contribution is 2.33. The van der Waals surface area contributed by atoms with E-state index in [1.165, 1.54) is 11.1 Å². The number of hydrogen-bond acceptors (Lipinski definition) is 4. The molecule has 0 spiro atoms. The first-order valence-electron chi connectivity index (χ1n) is 8.37. The van der Waals surface area contributed by atoms with Crippen molar-refractivity contribution < 1.29 is 5.11 Å². The van der Waals surface area contributed by atoms with Crippen molar-refractivity contribution in [3.63, 3.8) is 0 Å². The van der Waals surface area contributed by atoms with Crippen LogP contribution in [0.5, 0.6) is 5.75 Å². The Balaban J connectivity index is 1.88. The van der Waals surface area contributed by atoms with Gasteiger partial charge in [-0.3, -0.25) is 4.40 Å². The number of phenolic OH excluding ortho intramolecular Hbond substituents is 1. The van der Waals surface area contributed by atoms with Crippen LogP contribution in [-0.2, 0) is 0 Å². The topological polar surface area (TPSA) is 62.2 Å². The molecule has 0 bridgehead atoms. The van der Waals surface area contributed by atoms with Crippen molar-refractivity contribution in [2.24, 2.45) is 10.2 Å². The number of aromatic nitrogens is 2. The number of fused-ring (bicyclic) bond motifs is 1. The summed E-state index contributed by atoms with van der Waals surface area (Å²) in [5, 5.41) is 18.4. The number of hydrogen-bond donors (Lipinski definition) is 1. The summed E-state index contributed by atoms with van der Waals surface area (Å²) in [6.07, 6.45) is 1.92. The molecule has 0 radical (unpaired) electrons. The fraction of sp³-hybridized carbons (Fsp3) is 0.0952. The molecule has 2 aromatic heterocycles. The lowest BCUT2D eigenvalue weighted by atomic mass is 10.0. The monoisotopic (exact) mass is 342 g/mol. The predicted molar refractivity (Wildman–Crippen MR) is 102 cm³/mol. The highest BCUT2D eigenvalue weighted by atomic mass is 16.3. The molecule has 4 aromatic rings. The zero-order valence-corrected chi connectivity index (χ0v) is 14.6. The number of phenols is 1. The van der Waals surface area contributed by atoms with Crippen LogP contribution in [0.2, 0.25) is 0 Å². The summed E-state index contributed by atoms with van der Waals surface area (Å²) in [4.78, 5) is 4.74. The second kappa shape index (κ2) is 6.44. The first-order chi connectivity index (χ1) is 12.6. The van der Waals surface area contributed by atoms with Gasteiger partial charge in [-0.1, -0.05) is 24.3 Å². The maximum atomic E-state index is 9.61. The smallest absolute Gasteiger partial charge is 0.187 e. The molecule has 0 aliphatic rings. The Morgan fingerprint density at radius 1 is 0.885 bits per heavy atom. The van der Waals surface area contributed by atoms with Gasteiger partial charge in [0.05, 0.1) is 5.69 Å². The molecule has 5 heteroatoms. The average molecular weight is 342 g/mol. The molecule has 0 fully saturated rings. The summed E-state index contributed by atoms with van der Waals surface area (Å²) >= 11 is 0. The third-order valence-electron chi connectivity index (χ3n) is 4.37. The number of pyridine rings is 1. The van der Waals surface area contributed by atoms with Crippen molar-refractivity contribution in [3.05, 3.63) is 78.0 Å². The van der Waals surface area contributed by atoms with E-state index in [0.29, 0.717) is 11.5 Å². The lowest BCUT2D eigenvalue weighted by Crippen LogP contribution is -1.84. The predicted octanol–water partition coefficient (Wildman–Crippen LogP) is 5.74. The Morgan fingerprint density at radius 2 is 1.77 bits per heavy atom. The second-order valence-corrected chi connectivity index (χ2v) is 6.23. The van der Waals surface area contributed by atoms with E-state index in [9.17, 15) is 5.11 Å². The van der Waals surface area contributed by atoms with Crippen LogP contribution in [0.3, 0.4) is 0 Å². The number of benzene rings is 2. The van der Waals surface area contributed by atoms with Crippen molar-refractivity contribution in [2.75, 3.05) is 0 Å². The first-order valence-corrected chi connectivity index (χ1v) is 8.37. The van der Waals surface area contributed by atoms with Gasteiger partial charge < -0.3 is 5.11 Å². The zero-order valence-electron chi connectivity index (χ0n) is 14.6. The van der Waals surface area contributed by atoms with Crippen LogP contribution in [0.25, 0.3) is 16.9 Å². The Kier molecular flexibility index (Phi) is 3.97. The zero-order chi connectivity index (χ0) is 18.1. The number of imidazole rings is 1. The molecule has 4 rings (SSSR count). The lowest BCUT2D eigenvalue weighted by Gasteiger charge is -2.04. The van der Waals surface area contributed by atoms with Gasteiger partial charge in [0, 0.05) is 17.8 Å². The van der Waals surface area contributed by atoms with Crippen LogP contribution >= 0.6 is 0 Å². The largest absolute Gasteiger partial charge is 0.508 e. The highest BCUT2D eigenvalue weighted by molar-refractivity contribution is 5.75. The molecule has 0 aliphatic heterocycles. The highest BCUT2D eigenvalue weighted by Gasteiger charge is 2.14. The van der Waals surface area contributed by atoms with E-state index in [2.05, 4.69) is 42.3 Å². The Morgan fingerprint density at radius 3 is 2.58 bits per heavy atom. The number of nitrogens with zero attached hydrogens (tertiary/aromatic N) is 4. The van der Waals surface area contributed by atoms with Crippen molar-refractivity contribution in [3.8, 4) is 17.0 Å². The van der Waals surface area contributed by atoms with E-state index in [1.807, 2.05) is 28.8 Å². The molecular formula is C21H18N4O. The first kappa shape index (κ1) is 16.0. The summed E-state index contributed by atoms with van der Waals surface area (Å²) in [6.45, 7) is 4.17. The van der Waals surface area contributed by atoms with Gasteiger partial charge in [-0.2, -0.15) is 0 Å². The number of azo groups is 1. The van der Waals surface area contributed by atoms with Gasteiger partial charge >= 0.3 is 0 Å². The minimum Gasteiger partial charge on any atom is -0.508 e. The van der Waals surface area contributed by atoms with E-state index in [1.54, 1.807) is 24.3 Å². The maximum Gasteiger partial charge on any atom is 0.187 e. The van der Waals surface area contributed by atoms with Gasteiger partial charge in [-0.15, -0.1) is 10.2 Å². The Bertz CT molecular complexity index is 1130. The molecule has 2 heterocycles. The van der Waals surface area contributed by atoms with Gasteiger partial charge in [0.15, 0.2) is 5.82 Å².